The van der Waals surface area contributed by atoms with Crippen LogP contribution in [0, 0.1) is 0 Å². The third-order valence-corrected chi connectivity index (χ3v) is 7.86. The number of nitrogens with zero attached hydrogens (tertiary/aromatic N) is 6. The van der Waals surface area contributed by atoms with Crippen molar-refractivity contribution in [1.82, 2.24) is 24.3 Å². The minimum Gasteiger partial charge on any atom is -0.383 e. The summed E-state index contributed by atoms with van der Waals surface area (Å²) in [5.41, 5.74) is 11.4. The Morgan fingerprint density at radius 1 is 1.10 bits per heavy atom. The molecule has 40 heavy (non-hydrogen) atoms. The number of aromatic nitrogens is 3. The summed E-state index contributed by atoms with van der Waals surface area (Å²) >= 11 is 0. The Bertz CT molecular complexity index is 1530. The number of hydrogen-bond donors (Lipinski definition) is 1. The molecular weight excluding hydrogens is 512 g/mol. The number of nitrogen functional groups attached to an aromatic ring is 1. The molecule has 1 saturated heterocycles. The molecule has 0 radical (unpaired) electrons. The maximum absolute atomic E-state index is 15.1. The minimum atomic E-state index is -0.866. The van der Waals surface area contributed by atoms with Crippen molar-refractivity contribution in [2.45, 2.75) is 32.4 Å². The molecule has 8 nitrogen and oxygen atoms in total. The van der Waals surface area contributed by atoms with E-state index in [9.17, 15) is 9.18 Å². The topological polar surface area (TPSA) is 92.6 Å². The second-order valence-corrected chi connectivity index (χ2v) is 10.4. The highest BCUT2D eigenvalue weighted by Gasteiger charge is 2.31. The number of benzene rings is 1. The molecular formula is C30H31F2N7O. The summed E-state index contributed by atoms with van der Waals surface area (Å²) in [5, 5.41) is 0. The van der Waals surface area contributed by atoms with Gasteiger partial charge in [-0.1, -0.05) is 30.3 Å². The van der Waals surface area contributed by atoms with Crippen LogP contribution in [0.3, 0.4) is 0 Å². The van der Waals surface area contributed by atoms with Gasteiger partial charge in [0.1, 0.15) is 17.3 Å². The Balaban J connectivity index is 1.29. The third kappa shape index (κ3) is 4.95. The van der Waals surface area contributed by atoms with Crippen molar-refractivity contribution in [2.24, 2.45) is 4.99 Å². The highest BCUT2D eigenvalue weighted by atomic mass is 19.2. The second kappa shape index (κ2) is 10.8. The SMILES string of the molecule is CC(=O)N1CCN(Cc2ccc(-c3cnc(N)c(-c4nc5c(n4C4CC=CC(F)=C4F)CCN=C5)c3)cc2)CC1. The number of amides is 1. The molecule has 2 N–H and O–H groups in total. The Hall–Kier alpha value is -4.18. The zero-order valence-electron chi connectivity index (χ0n) is 22.4. The molecule has 1 unspecified atom stereocenters. The van der Waals surface area contributed by atoms with Crippen molar-refractivity contribution in [3.05, 3.63) is 77.3 Å². The molecule has 1 amide bonds. The molecule has 206 valence electrons. The molecule has 1 aromatic carbocycles. The second-order valence-electron chi connectivity index (χ2n) is 10.4. The van der Waals surface area contributed by atoms with Crippen LogP contribution in [0.25, 0.3) is 22.5 Å². The van der Waals surface area contributed by atoms with Crippen LogP contribution in [0.5, 0.6) is 0 Å². The minimum absolute atomic E-state index is 0.126. The molecule has 4 heterocycles. The summed E-state index contributed by atoms with van der Waals surface area (Å²) < 4.78 is 31.1. The molecule has 0 bridgehead atoms. The fourth-order valence-corrected chi connectivity index (χ4v) is 5.64. The van der Waals surface area contributed by atoms with Gasteiger partial charge in [0.15, 0.2) is 11.7 Å². The molecule has 3 aliphatic rings. The molecule has 6 rings (SSSR count). The predicted molar refractivity (Wildman–Crippen MR) is 151 cm³/mol. The highest BCUT2D eigenvalue weighted by molar-refractivity contribution is 5.84. The standard InChI is InChI=1S/C30H31F2N7O/c1-19(40)38-13-11-37(12-14-38)18-20-5-7-21(8-6-20)22-15-23(29(33)35-16-22)30-36-25-17-34-10-9-26(25)39(30)27-4-2-3-24(31)28(27)32/h2-3,5-8,15-17,27H,4,9-14,18H2,1H3,(H2,33,35). The Morgan fingerprint density at radius 2 is 1.88 bits per heavy atom. The van der Waals surface area contributed by atoms with Gasteiger partial charge < -0.3 is 15.2 Å². The Kier molecular flexibility index (Phi) is 7.02. The van der Waals surface area contributed by atoms with Gasteiger partial charge in [0, 0.05) is 76.3 Å². The Labute approximate surface area is 231 Å². The lowest BCUT2D eigenvalue weighted by molar-refractivity contribution is -0.130. The zero-order chi connectivity index (χ0) is 27.8. The van der Waals surface area contributed by atoms with Crippen LogP contribution in [0.4, 0.5) is 14.6 Å². The van der Waals surface area contributed by atoms with Crippen molar-refractivity contribution >= 4 is 17.9 Å². The lowest BCUT2D eigenvalue weighted by Gasteiger charge is -2.34. The van der Waals surface area contributed by atoms with Crippen LogP contribution < -0.4 is 5.73 Å². The van der Waals surface area contributed by atoms with Gasteiger partial charge in [-0.15, -0.1) is 0 Å². The monoisotopic (exact) mass is 543 g/mol. The van der Waals surface area contributed by atoms with Gasteiger partial charge in [0.2, 0.25) is 5.91 Å². The number of halogens is 2. The summed E-state index contributed by atoms with van der Waals surface area (Å²) in [6, 6.07) is 9.35. The van der Waals surface area contributed by atoms with E-state index in [-0.39, 0.29) is 11.7 Å². The Morgan fingerprint density at radius 3 is 2.62 bits per heavy atom. The van der Waals surface area contributed by atoms with Crippen LogP contribution in [-0.2, 0) is 17.8 Å². The average molecular weight is 544 g/mol. The van der Waals surface area contributed by atoms with Crippen molar-refractivity contribution in [2.75, 3.05) is 38.5 Å². The van der Waals surface area contributed by atoms with Gasteiger partial charge in [-0.2, -0.15) is 0 Å². The number of rotatable bonds is 5. The van der Waals surface area contributed by atoms with Crippen molar-refractivity contribution in [1.29, 1.82) is 0 Å². The number of hydrogen-bond acceptors (Lipinski definition) is 6. The smallest absolute Gasteiger partial charge is 0.219 e. The first-order chi connectivity index (χ1) is 19.4. The quantitative estimate of drug-likeness (QED) is 0.512. The number of allylic oxidation sites excluding steroid dienone is 4. The fourth-order valence-electron chi connectivity index (χ4n) is 5.64. The molecule has 10 heteroatoms. The molecule has 2 aliphatic heterocycles. The maximum atomic E-state index is 15.1. The number of fused-ring (bicyclic) bond motifs is 1. The molecule has 1 atom stereocenters. The number of piperazine rings is 1. The first kappa shape index (κ1) is 26.1. The van der Waals surface area contributed by atoms with E-state index < -0.39 is 17.7 Å². The van der Waals surface area contributed by atoms with E-state index in [0.717, 1.165) is 49.5 Å². The van der Waals surface area contributed by atoms with E-state index in [4.69, 9.17) is 10.7 Å². The number of imidazole rings is 1. The number of carbonyl (C=O) groups excluding carboxylic acids is 1. The van der Waals surface area contributed by atoms with Gasteiger partial charge in [0.05, 0.1) is 11.6 Å². The van der Waals surface area contributed by atoms with Gasteiger partial charge in [-0.25, -0.2) is 18.7 Å². The molecule has 1 fully saturated rings. The van der Waals surface area contributed by atoms with Crippen LogP contribution in [-0.4, -0.2) is 69.2 Å². The molecule has 0 saturated carbocycles. The summed E-state index contributed by atoms with van der Waals surface area (Å²) in [5.74, 6) is -0.834. The van der Waals surface area contributed by atoms with E-state index in [1.54, 1.807) is 30.0 Å². The number of aliphatic imine (C=N–C) groups is 1. The molecule has 2 aromatic heterocycles. The zero-order valence-corrected chi connectivity index (χ0v) is 22.4. The molecule has 3 aromatic rings. The summed E-state index contributed by atoms with van der Waals surface area (Å²) in [7, 11) is 0. The van der Waals surface area contributed by atoms with Gasteiger partial charge in [-0.05, 0) is 29.7 Å². The fraction of sp³-hybridized carbons (Fsp3) is 0.333. The number of anilines is 1. The van der Waals surface area contributed by atoms with Crippen LogP contribution in [0.15, 0.2) is 65.3 Å². The lowest BCUT2D eigenvalue weighted by Crippen LogP contribution is -2.47. The van der Waals surface area contributed by atoms with E-state index >= 15 is 4.39 Å². The first-order valence-corrected chi connectivity index (χ1v) is 13.5. The molecule has 1 aliphatic carbocycles. The number of carbonyl (C=O) groups is 1. The lowest BCUT2D eigenvalue weighted by atomic mass is 10.0. The van der Waals surface area contributed by atoms with Gasteiger partial charge in [-0.3, -0.25) is 14.7 Å². The van der Waals surface area contributed by atoms with Crippen LogP contribution >= 0.6 is 0 Å². The van der Waals surface area contributed by atoms with Gasteiger partial charge >= 0.3 is 0 Å². The summed E-state index contributed by atoms with van der Waals surface area (Å²) in [6.07, 6.45) is 7.09. The average Bonchev–Trinajstić information content (AvgIpc) is 3.35. The normalized spacial score (nSPS) is 19.3. The number of pyridine rings is 1. The van der Waals surface area contributed by atoms with Crippen LogP contribution in [0.2, 0.25) is 0 Å². The van der Waals surface area contributed by atoms with Crippen molar-refractivity contribution in [3.8, 4) is 22.5 Å². The van der Waals surface area contributed by atoms with E-state index in [1.807, 2.05) is 23.1 Å². The van der Waals surface area contributed by atoms with E-state index in [1.165, 1.54) is 11.6 Å². The van der Waals surface area contributed by atoms with Crippen molar-refractivity contribution < 1.29 is 13.6 Å². The van der Waals surface area contributed by atoms with E-state index in [0.29, 0.717) is 36.5 Å². The van der Waals surface area contributed by atoms with Crippen molar-refractivity contribution in [3.63, 3.8) is 0 Å². The van der Waals surface area contributed by atoms with E-state index in [2.05, 4.69) is 27.0 Å². The largest absolute Gasteiger partial charge is 0.383 e. The first-order valence-electron chi connectivity index (χ1n) is 13.5. The summed E-state index contributed by atoms with van der Waals surface area (Å²) in [6.45, 7) is 6.19. The molecule has 0 spiro atoms. The number of nitrogens with two attached hydrogens (primary N) is 1. The third-order valence-electron chi connectivity index (χ3n) is 7.86. The highest BCUT2D eigenvalue weighted by Crippen LogP contribution is 2.39. The predicted octanol–water partition coefficient (Wildman–Crippen LogP) is 4.49. The van der Waals surface area contributed by atoms with Gasteiger partial charge in [0.25, 0.3) is 0 Å². The summed E-state index contributed by atoms with van der Waals surface area (Å²) in [4.78, 5) is 29.4. The van der Waals surface area contributed by atoms with Crippen LogP contribution in [0.1, 0.15) is 36.3 Å². The maximum Gasteiger partial charge on any atom is 0.219 e.